The van der Waals surface area contributed by atoms with E-state index in [0.717, 1.165) is 33.8 Å². The van der Waals surface area contributed by atoms with E-state index in [0.29, 0.717) is 4.90 Å². The molecule has 0 unspecified atom stereocenters. The molecule has 8 nitrogen and oxygen atoms in total. The van der Waals surface area contributed by atoms with Gasteiger partial charge >= 0.3 is 0 Å². The standard InChI is InChI=1S/C36H38O8S/c1-24-9-19-30(20-10-24)45(37)36-34(41-22-26-13-17-29(39-3)18-14-26)33(40-21-25-11-15-28(38-2)16-12-25)32-31(43-36)23-42-35(44-32)27-7-5-4-6-8-27/h4-20,31-36H,21-23H2,1-3H3/t31-,32+,33+,34-,35+,36+,45-/m1/s1. The second-order valence-corrected chi connectivity index (χ2v) is 12.6. The Morgan fingerprint density at radius 2 is 1.29 bits per heavy atom. The molecule has 236 valence electrons. The van der Waals surface area contributed by atoms with Gasteiger partial charge in [0.15, 0.2) is 11.7 Å². The molecule has 0 saturated carbocycles. The van der Waals surface area contributed by atoms with Crippen LogP contribution in [0.5, 0.6) is 11.5 Å². The number of methoxy groups -OCH3 is 2. The van der Waals surface area contributed by atoms with E-state index >= 15 is 0 Å². The molecule has 0 aromatic heterocycles. The Kier molecular flexibility index (Phi) is 10.2. The Morgan fingerprint density at radius 1 is 0.711 bits per heavy atom. The molecule has 2 aliphatic rings. The van der Waals surface area contributed by atoms with Gasteiger partial charge in [0.05, 0.1) is 44.8 Å². The Balaban J connectivity index is 1.33. The van der Waals surface area contributed by atoms with E-state index in [1.54, 1.807) is 14.2 Å². The van der Waals surface area contributed by atoms with Gasteiger partial charge in [-0.05, 0) is 54.4 Å². The van der Waals surface area contributed by atoms with Crippen molar-refractivity contribution in [3.63, 3.8) is 0 Å². The highest BCUT2D eigenvalue weighted by Gasteiger charge is 2.53. The fourth-order valence-corrected chi connectivity index (χ4v) is 6.89. The molecule has 0 bridgehead atoms. The minimum atomic E-state index is -1.58. The van der Waals surface area contributed by atoms with E-state index in [1.807, 2.05) is 110 Å². The molecule has 0 N–H and O–H groups in total. The van der Waals surface area contributed by atoms with E-state index in [2.05, 4.69) is 0 Å². The lowest BCUT2D eigenvalue weighted by molar-refractivity contribution is -0.330. The second kappa shape index (κ2) is 14.7. The average molecular weight is 631 g/mol. The maximum atomic E-state index is 14.2. The number of hydrogen-bond acceptors (Lipinski definition) is 8. The Labute approximate surface area is 266 Å². The van der Waals surface area contributed by atoms with Gasteiger partial charge in [0.2, 0.25) is 0 Å². The first-order valence-electron chi connectivity index (χ1n) is 15.0. The molecule has 4 aromatic rings. The van der Waals surface area contributed by atoms with Gasteiger partial charge in [0.1, 0.15) is 35.9 Å². The molecule has 2 saturated heterocycles. The molecule has 2 fully saturated rings. The van der Waals surface area contributed by atoms with Crippen molar-refractivity contribution in [3.8, 4) is 11.5 Å². The van der Waals surface area contributed by atoms with Crippen LogP contribution in [0, 0.1) is 6.92 Å². The van der Waals surface area contributed by atoms with Crippen LogP contribution >= 0.6 is 0 Å². The first-order valence-corrected chi connectivity index (χ1v) is 16.2. The number of benzene rings is 4. The van der Waals surface area contributed by atoms with Gasteiger partial charge in [-0.25, -0.2) is 0 Å². The maximum absolute atomic E-state index is 14.2. The molecular formula is C36H38O8S. The van der Waals surface area contributed by atoms with E-state index in [4.69, 9.17) is 33.2 Å². The fourth-order valence-electron chi connectivity index (χ4n) is 5.50. The molecule has 2 heterocycles. The predicted octanol–water partition coefficient (Wildman–Crippen LogP) is 6.13. The van der Waals surface area contributed by atoms with E-state index in [1.165, 1.54) is 0 Å². The number of hydrogen-bond donors (Lipinski definition) is 0. The first kappa shape index (κ1) is 31.4. The lowest BCUT2D eigenvalue weighted by Gasteiger charge is -2.49. The van der Waals surface area contributed by atoms with Crippen LogP contribution in [0.25, 0.3) is 0 Å². The topological polar surface area (TPSA) is 81.7 Å². The maximum Gasteiger partial charge on any atom is 0.184 e. The van der Waals surface area contributed by atoms with E-state index in [9.17, 15) is 4.21 Å². The van der Waals surface area contributed by atoms with Gasteiger partial charge in [-0.1, -0.05) is 72.3 Å². The fraction of sp³-hybridized carbons (Fsp3) is 0.333. The summed E-state index contributed by atoms with van der Waals surface area (Å²) in [5.41, 5.74) is 3.02. The first-order chi connectivity index (χ1) is 22.0. The SMILES string of the molecule is COc1ccc(CO[C@@H]2[C@@H](OCc3ccc(OC)cc3)[C@H]([S@](=O)c3ccc(C)cc3)O[C@@H]3CO[C@H](c4ccccc4)O[C@H]23)cc1. The lowest BCUT2D eigenvalue weighted by Crippen LogP contribution is -2.63. The Morgan fingerprint density at radius 3 is 1.87 bits per heavy atom. The van der Waals surface area contributed by atoms with Crippen LogP contribution in [-0.4, -0.2) is 54.9 Å². The van der Waals surface area contributed by atoms with Crippen LogP contribution in [0.2, 0.25) is 0 Å². The molecule has 4 aromatic carbocycles. The normalized spacial score (nSPS) is 25.2. The number of ether oxygens (including phenoxy) is 7. The molecule has 0 spiro atoms. The lowest BCUT2D eigenvalue weighted by atomic mass is 9.98. The number of rotatable bonds is 11. The highest BCUT2D eigenvalue weighted by Crippen LogP contribution is 2.39. The summed E-state index contributed by atoms with van der Waals surface area (Å²) in [6, 6.07) is 32.8. The summed E-state index contributed by atoms with van der Waals surface area (Å²) in [5, 5.41) is 0. The monoisotopic (exact) mass is 630 g/mol. The van der Waals surface area contributed by atoms with Crippen LogP contribution < -0.4 is 9.47 Å². The molecule has 7 atom stereocenters. The van der Waals surface area contributed by atoms with Crippen LogP contribution in [0.1, 0.15) is 28.5 Å². The van der Waals surface area contributed by atoms with Gasteiger partial charge in [-0.15, -0.1) is 0 Å². The predicted molar refractivity (Wildman–Crippen MR) is 169 cm³/mol. The van der Waals surface area contributed by atoms with Gasteiger partial charge in [0.25, 0.3) is 0 Å². The van der Waals surface area contributed by atoms with Crippen molar-refractivity contribution in [2.45, 2.75) is 61.2 Å². The van der Waals surface area contributed by atoms with Gasteiger partial charge < -0.3 is 33.2 Å². The molecule has 0 radical (unpaired) electrons. The minimum Gasteiger partial charge on any atom is -0.497 e. The molecule has 9 heteroatoms. The van der Waals surface area contributed by atoms with Gasteiger partial charge in [-0.3, -0.25) is 4.21 Å². The summed E-state index contributed by atoms with van der Waals surface area (Å²) < 4.78 is 57.5. The molecule has 2 aliphatic heterocycles. The third-order valence-electron chi connectivity index (χ3n) is 8.02. The summed E-state index contributed by atoms with van der Waals surface area (Å²) in [6.45, 7) is 2.78. The summed E-state index contributed by atoms with van der Waals surface area (Å²) in [6.07, 6.45) is -3.04. The van der Waals surface area contributed by atoms with E-state index in [-0.39, 0.29) is 19.8 Å². The zero-order valence-electron chi connectivity index (χ0n) is 25.6. The van der Waals surface area contributed by atoms with Crippen molar-refractivity contribution in [1.82, 2.24) is 0 Å². The van der Waals surface area contributed by atoms with Crippen molar-refractivity contribution in [3.05, 3.63) is 125 Å². The van der Waals surface area contributed by atoms with Crippen molar-refractivity contribution in [1.29, 1.82) is 0 Å². The number of fused-ring (bicyclic) bond motifs is 1. The van der Waals surface area contributed by atoms with Gasteiger partial charge in [0, 0.05) is 10.5 Å². The van der Waals surface area contributed by atoms with Crippen molar-refractivity contribution >= 4 is 10.8 Å². The van der Waals surface area contributed by atoms with Gasteiger partial charge in [-0.2, -0.15) is 0 Å². The van der Waals surface area contributed by atoms with E-state index < -0.39 is 46.9 Å². The zero-order valence-corrected chi connectivity index (χ0v) is 26.4. The number of aryl methyl sites for hydroxylation is 1. The Bertz CT molecular complexity index is 1530. The summed E-state index contributed by atoms with van der Waals surface area (Å²) in [4.78, 5) is 0.649. The van der Waals surface area contributed by atoms with Crippen molar-refractivity contribution in [2.24, 2.45) is 0 Å². The quantitative estimate of drug-likeness (QED) is 0.196. The van der Waals surface area contributed by atoms with Crippen LogP contribution in [0.15, 0.2) is 108 Å². The zero-order chi connectivity index (χ0) is 31.2. The molecule has 0 amide bonds. The largest absolute Gasteiger partial charge is 0.497 e. The van der Waals surface area contributed by atoms with Crippen molar-refractivity contribution < 1.29 is 37.4 Å². The van der Waals surface area contributed by atoms with Crippen molar-refractivity contribution in [2.75, 3.05) is 20.8 Å². The molecule has 45 heavy (non-hydrogen) atoms. The highest BCUT2D eigenvalue weighted by atomic mass is 32.2. The third-order valence-corrected chi connectivity index (χ3v) is 9.56. The third kappa shape index (κ3) is 7.47. The smallest absolute Gasteiger partial charge is 0.184 e. The second-order valence-electron chi connectivity index (χ2n) is 11.1. The highest BCUT2D eigenvalue weighted by molar-refractivity contribution is 7.85. The molecular weight excluding hydrogens is 592 g/mol. The summed E-state index contributed by atoms with van der Waals surface area (Å²) in [5.74, 6) is 1.52. The summed E-state index contributed by atoms with van der Waals surface area (Å²) in [7, 11) is 1.69. The summed E-state index contributed by atoms with van der Waals surface area (Å²) >= 11 is 0. The van der Waals surface area contributed by atoms with Crippen LogP contribution in [0.4, 0.5) is 0 Å². The molecule has 0 aliphatic carbocycles. The van der Waals surface area contributed by atoms with Crippen LogP contribution in [-0.2, 0) is 47.7 Å². The minimum absolute atomic E-state index is 0.248. The van der Waals surface area contributed by atoms with Crippen LogP contribution in [0.3, 0.4) is 0 Å². The average Bonchev–Trinajstić information content (AvgIpc) is 3.10. The molecule has 6 rings (SSSR count). The Hall–Kier alpha value is -3.57.